The minimum atomic E-state index is 0.170. The average Bonchev–Trinajstić information content (AvgIpc) is 2.69. The first-order chi connectivity index (χ1) is 9.80. The highest BCUT2D eigenvalue weighted by atomic mass is 16.3. The van der Waals surface area contributed by atoms with Crippen molar-refractivity contribution >= 4 is 0 Å². The van der Waals surface area contributed by atoms with Gasteiger partial charge in [0.1, 0.15) is 0 Å². The van der Waals surface area contributed by atoms with Gasteiger partial charge in [0, 0.05) is 12.1 Å². The summed E-state index contributed by atoms with van der Waals surface area (Å²) in [7, 11) is 0. The van der Waals surface area contributed by atoms with Crippen LogP contribution in [0.1, 0.15) is 43.7 Å². The third-order valence-electron chi connectivity index (χ3n) is 5.60. The molecule has 2 atom stereocenters. The van der Waals surface area contributed by atoms with E-state index in [1.54, 1.807) is 11.1 Å². The van der Waals surface area contributed by atoms with Crippen molar-refractivity contribution in [1.29, 1.82) is 0 Å². The van der Waals surface area contributed by atoms with Crippen LogP contribution in [-0.2, 0) is 12.8 Å². The van der Waals surface area contributed by atoms with E-state index in [4.69, 9.17) is 0 Å². The van der Waals surface area contributed by atoms with Crippen LogP contribution in [0, 0.1) is 11.8 Å². The van der Waals surface area contributed by atoms with E-state index in [0.717, 1.165) is 13.0 Å². The van der Waals surface area contributed by atoms with E-state index < -0.39 is 0 Å². The van der Waals surface area contributed by atoms with Gasteiger partial charge in [-0.05, 0) is 68.0 Å². The Labute approximate surface area is 122 Å². The number of hydrogen-bond acceptors (Lipinski definition) is 2. The number of rotatable bonds is 5. The van der Waals surface area contributed by atoms with Crippen molar-refractivity contribution in [2.75, 3.05) is 13.2 Å². The molecule has 2 heteroatoms. The fraction of sp³-hybridized carbons (Fsp3) is 0.667. The molecule has 0 spiro atoms. The number of nitrogens with one attached hydrogen (secondary N) is 1. The first-order valence-corrected chi connectivity index (χ1v) is 8.23. The highest BCUT2D eigenvalue weighted by molar-refractivity contribution is 5.32. The van der Waals surface area contributed by atoms with Gasteiger partial charge < -0.3 is 10.4 Å². The summed E-state index contributed by atoms with van der Waals surface area (Å²) in [5, 5.41) is 13.5. The Bertz CT molecular complexity index is 423. The van der Waals surface area contributed by atoms with Gasteiger partial charge in [0.15, 0.2) is 0 Å². The maximum absolute atomic E-state index is 9.62. The Kier molecular flexibility index (Phi) is 4.13. The minimum Gasteiger partial charge on any atom is -0.396 e. The maximum Gasteiger partial charge on any atom is 0.0448 e. The first-order valence-electron chi connectivity index (χ1n) is 8.23. The summed E-state index contributed by atoms with van der Waals surface area (Å²) < 4.78 is 0. The van der Waals surface area contributed by atoms with E-state index in [1.165, 1.54) is 32.1 Å². The number of aliphatic hydroxyl groups excluding tert-OH is 1. The van der Waals surface area contributed by atoms with E-state index in [-0.39, 0.29) is 5.54 Å². The van der Waals surface area contributed by atoms with Crippen LogP contribution in [0.15, 0.2) is 24.3 Å². The summed E-state index contributed by atoms with van der Waals surface area (Å²) in [5.74, 6) is 1.38. The van der Waals surface area contributed by atoms with Gasteiger partial charge in [-0.3, -0.25) is 0 Å². The summed E-state index contributed by atoms with van der Waals surface area (Å²) in [5.41, 5.74) is 3.25. The molecule has 1 fully saturated rings. The second-order valence-corrected chi connectivity index (χ2v) is 6.59. The normalized spacial score (nSPS) is 31.9. The zero-order valence-electron chi connectivity index (χ0n) is 12.6. The Morgan fingerprint density at radius 1 is 1.15 bits per heavy atom. The van der Waals surface area contributed by atoms with Crippen LogP contribution in [0.5, 0.6) is 0 Å². The summed E-state index contributed by atoms with van der Waals surface area (Å²) in [4.78, 5) is 0. The van der Waals surface area contributed by atoms with Crippen LogP contribution in [0.2, 0.25) is 0 Å². The molecule has 2 N–H and O–H groups in total. The lowest BCUT2D eigenvalue weighted by atomic mass is 9.76. The zero-order chi connectivity index (χ0) is 14.0. The molecule has 0 radical (unpaired) electrons. The van der Waals surface area contributed by atoms with Crippen LogP contribution in [-0.4, -0.2) is 23.8 Å². The molecule has 0 amide bonds. The molecule has 1 saturated carbocycles. The second-order valence-electron chi connectivity index (χ2n) is 6.59. The lowest BCUT2D eigenvalue weighted by molar-refractivity contribution is 0.132. The average molecular weight is 273 g/mol. The molecule has 2 aliphatic rings. The predicted octanol–water partition coefficient (Wildman–Crippen LogP) is 2.93. The molecule has 0 aliphatic heterocycles. The molecule has 2 bridgehead atoms. The lowest BCUT2D eigenvalue weighted by Crippen LogP contribution is -2.54. The molecular formula is C18H27NO. The van der Waals surface area contributed by atoms with Gasteiger partial charge in [-0.1, -0.05) is 31.2 Å². The van der Waals surface area contributed by atoms with Crippen molar-refractivity contribution in [2.45, 2.75) is 51.0 Å². The van der Waals surface area contributed by atoms with Gasteiger partial charge in [0.05, 0.1) is 0 Å². The van der Waals surface area contributed by atoms with Gasteiger partial charge in [0.2, 0.25) is 0 Å². The Balaban J connectivity index is 1.93. The molecule has 1 aromatic carbocycles. The van der Waals surface area contributed by atoms with Gasteiger partial charge in [0.25, 0.3) is 0 Å². The number of hydrogen-bond donors (Lipinski definition) is 2. The Hall–Kier alpha value is -0.860. The van der Waals surface area contributed by atoms with Crippen molar-refractivity contribution in [1.82, 2.24) is 5.32 Å². The molecule has 1 aromatic rings. The monoisotopic (exact) mass is 273 g/mol. The number of aliphatic hydroxyl groups is 1. The molecule has 110 valence electrons. The summed E-state index contributed by atoms with van der Waals surface area (Å²) >= 11 is 0. The molecule has 0 saturated heterocycles. The van der Waals surface area contributed by atoms with E-state index in [9.17, 15) is 5.11 Å². The highest BCUT2D eigenvalue weighted by Gasteiger charge is 2.50. The van der Waals surface area contributed by atoms with Crippen molar-refractivity contribution in [3.05, 3.63) is 35.4 Å². The first kappa shape index (κ1) is 14.1. The van der Waals surface area contributed by atoms with Gasteiger partial charge >= 0.3 is 0 Å². The van der Waals surface area contributed by atoms with Crippen molar-refractivity contribution in [3.8, 4) is 0 Å². The van der Waals surface area contributed by atoms with Crippen LogP contribution in [0.4, 0.5) is 0 Å². The summed E-state index contributed by atoms with van der Waals surface area (Å²) in [6, 6.07) is 8.95. The van der Waals surface area contributed by atoms with Gasteiger partial charge in [-0.25, -0.2) is 0 Å². The zero-order valence-corrected chi connectivity index (χ0v) is 12.6. The number of fused-ring (bicyclic) bond motifs is 3. The quantitative estimate of drug-likeness (QED) is 0.864. The second kappa shape index (κ2) is 5.87. The smallest absolute Gasteiger partial charge is 0.0448 e. The fourth-order valence-corrected chi connectivity index (χ4v) is 4.63. The summed E-state index contributed by atoms with van der Waals surface area (Å²) in [6.45, 7) is 3.61. The van der Waals surface area contributed by atoms with Crippen molar-refractivity contribution in [3.63, 3.8) is 0 Å². The molecule has 2 nitrogen and oxygen atoms in total. The Morgan fingerprint density at radius 3 is 2.25 bits per heavy atom. The third-order valence-corrected chi connectivity index (χ3v) is 5.60. The lowest BCUT2D eigenvalue weighted by Gasteiger charge is -2.40. The fourth-order valence-electron chi connectivity index (χ4n) is 4.63. The summed E-state index contributed by atoms with van der Waals surface area (Å²) in [6.07, 6.45) is 7.08. The van der Waals surface area contributed by atoms with Crippen LogP contribution >= 0.6 is 0 Å². The number of benzene rings is 1. The van der Waals surface area contributed by atoms with Crippen LogP contribution in [0.25, 0.3) is 0 Å². The standard InChI is InChI=1S/C18H27NO/c1-2-10-19-18(9-11-20)16-7-8-17(18)13-15-6-4-3-5-14(15)12-16/h3-6,16-17,19-20H,2,7-13H2,1H3. The van der Waals surface area contributed by atoms with Gasteiger partial charge in [-0.2, -0.15) is 0 Å². The third kappa shape index (κ3) is 2.29. The molecular weight excluding hydrogens is 246 g/mol. The van der Waals surface area contributed by atoms with E-state index in [2.05, 4.69) is 36.5 Å². The highest BCUT2D eigenvalue weighted by Crippen LogP contribution is 2.48. The Morgan fingerprint density at radius 2 is 1.75 bits per heavy atom. The minimum absolute atomic E-state index is 0.170. The van der Waals surface area contributed by atoms with Crippen molar-refractivity contribution in [2.24, 2.45) is 11.8 Å². The largest absolute Gasteiger partial charge is 0.396 e. The molecule has 0 heterocycles. The van der Waals surface area contributed by atoms with Gasteiger partial charge in [-0.15, -0.1) is 0 Å². The predicted molar refractivity (Wildman–Crippen MR) is 82.8 cm³/mol. The SMILES string of the molecule is CCCNC1(CCO)C2CCC1Cc1ccccc1C2. The molecule has 2 aliphatic carbocycles. The van der Waals surface area contributed by atoms with E-state index >= 15 is 0 Å². The van der Waals surface area contributed by atoms with Crippen molar-refractivity contribution < 1.29 is 5.11 Å². The maximum atomic E-state index is 9.62. The topological polar surface area (TPSA) is 32.3 Å². The molecule has 3 rings (SSSR count). The molecule has 20 heavy (non-hydrogen) atoms. The molecule has 0 aromatic heterocycles. The van der Waals surface area contributed by atoms with E-state index in [1.807, 2.05) is 0 Å². The van der Waals surface area contributed by atoms with E-state index in [0.29, 0.717) is 18.4 Å². The molecule has 2 unspecified atom stereocenters. The van der Waals surface area contributed by atoms with Crippen LogP contribution in [0.3, 0.4) is 0 Å². The van der Waals surface area contributed by atoms with Crippen LogP contribution < -0.4 is 5.32 Å².